The molecule has 0 aliphatic carbocycles. The molecule has 0 aromatic heterocycles. The number of thioether (sulfide) groups is 1. The first-order valence-electron chi connectivity index (χ1n) is 7.72. The van der Waals surface area contributed by atoms with Gasteiger partial charge in [-0.15, -0.1) is 11.8 Å². The molecule has 0 saturated carbocycles. The quantitative estimate of drug-likeness (QED) is 0.541. The van der Waals surface area contributed by atoms with E-state index in [9.17, 15) is 0 Å². The zero-order chi connectivity index (χ0) is 15.3. The van der Waals surface area contributed by atoms with Crippen LogP contribution in [0.1, 0.15) is 70.2 Å². The molecule has 0 N–H and O–H groups in total. The molecule has 0 fully saturated rings. The van der Waals surface area contributed by atoms with Crippen molar-refractivity contribution in [2.45, 2.75) is 78.9 Å². The molecular weight excluding hydrogens is 236 g/mol. The van der Waals surface area contributed by atoms with Gasteiger partial charge in [-0.05, 0) is 61.4 Å². The highest BCUT2D eigenvalue weighted by Gasteiger charge is 2.30. The Balaban J connectivity index is 0.000000741. The van der Waals surface area contributed by atoms with Crippen LogP contribution in [0.4, 0.5) is 0 Å². The van der Waals surface area contributed by atoms with E-state index in [0.29, 0.717) is 5.92 Å². The van der Waals surface area contributed by atoms with Crippen molar-refractivity contribution in [2.75, 3.05) is 0 Å². The molecule has 104 valence electrons. The Kier molecular flexibility index (Phi) is 5.78. The van der Waals surface area contributed by atoms with Gasteiger partial charge >= 0.3 is 0 Å². The SMILES string of the molecule is CC.Cc1c(C)c(C)c2c(c1C)SC(C)C2C.[2H]C. The van der Waals surface area contributed by atoms with Crippen LogP contribution < -0.4 is 0 Å². The van der Waals surface area contributed by atoms with Crippen LogP contribution in [0.25, 0.3) is 0 Å². The van der Waals surface area contributed by atoms with E-state index in [1.807, 2.05) is 13.8 Å². The van der Waals surface area contributed by atoms with Crippen molar-refractivity contribution < 1.29 is 1.37 Å². The molecule has 1 heterocycles. The van der Waals surface area contributed by atoms with Gasteiger partial charge in [0, 0.05) is 11.5 Å². The van der Waals surface area contributed by atoms with Crippen molar-refractivity contribution in [3.63, 3.8) is 0 Å². The van der Waals surface area contributed by atoms with Crippen molar-refractivity contribution in [1.29, 1.82) is 0 Å². The van der Waals surface area contributed by atoms with Gasteiger partial charge in [-0.25, -0.2) is 0 Å². The molecule has 0 amide bonds. The van der Waals surface area contributed by atoms with Gasteiger partial charge < -0.3 is 0 Å². The van der Waals surface area contributed by atoms with Crippen molar-refractivity contribution in [1.82, 2.24) is 0 Å². The normalized spacial score (nSPS) is 21.1. The summed E-state index contributed by atoms with van der Waals surface area (Å²) >= 11 is 2.06. The van der Waals surface area contributed by atoms with Crippen LogP contribution in [-0.2, 0) is 0 Å². The molecule has 1 aromatic rings. The van der Waals surface area contributed by atoms with Gasteiger partial charge in [0.05, 0.1) is 0 Å². The topological polar surface area (TPSA) is 0 Å². The van der Waals surface area contributed by atoms with E-state index in [2.05, 4.69) is 53.3 Å². The highest BCUT2D eigenvalue weighted by molar-refractivity contribution is 8.00. The number of rotatable bonds is 0. The number of hydrogen-bond acceptors (Lipinski definition) is 1. The highest BCUT2D eigenvalue weighted by Crippen LogP contribution is 2.49. The van der Waals surface area contributed by atoms with Crippen LogP contribution in [0.5, 0.6) is 0 Å². The summed E-state index contributed by atoms with van der Waals surface area (Å²) in [6, 6.07) is 0. The summed E-state index contributed by atoms with van der Waals surface area (Å²) in [5, 5.41) is 0.735. The van der Waals surface area contributed by atoms with Gasteiger partial charge in [0.2, 0.25) is 0 Å². The van der Waals surface area contributed by atoms with Crippen molar-refractivity contribution in [2.24, 2.45) is 0 Å². The number of benzene rings is 1. The van der Waals surface area contributed by atoms with Gasteiger partial charge in [0.1, 0.15) is 0 Å². The first-order valence-corrected chi connectivity index (χ1v) is 7.60. The lowest BCUT2D eigenvalue weighted by Gasteiger charge is -2.17. The fourth-order valence-corrected chi connectivity index (χ4v) is 4.04. The molecule has 0 saturated heterocycles. The Morgan fingerprint density at radius 2 is 1.33 bits per heavy atom. The fraction of sp³-hybridized carbons (Fsp3) is 0.647. The summed E-state index contributed by atoms with van der Waals surface area (Å²) in [5.74, 6) is 0.711. The van der Waals surface area contributed by atoms with Crippen LogP contribution in [0.15, 0.2) is 4.90 Å². The average molecular weight is 268 g/mol. The minimum atomic E-state index is 0.711. The summed E-state index contributed by atoms with van der Waals surface area (Å²) in [6.45, 7) is 17.8. The Bertz CT molecular complexity index is 424. The molecule has 1 aromatic carbocycles. The molecule has 1 aliphatic heterocycles. The van der Waals surface area contributed by atoms with Gasteiger partial charge in [-0.1, -0.05) is 35.1 Å². The zero-order valence-electron chi connectivity index (χ0n) is 14.6. The molecule has 0 bridgehead atoms. The molecule has 1 aliphatic rings. The molecule has 18 heavy (non-hydrogen) atoms. The molecule has 0 nitrogen and oxygen atoms in total. The average Bonchev–Trinajstić information content (AvgIpc) is 2.75. The maximum atomic E-state index is 5.75. The summed E-state index contributed by atoms with van der Waals surface area (Å²) in [7, 11) is 1.25. The zero-order valence-corrected chi connectivity index (χ0v) is 14.4. The van der Waals surface area contributed by atoms with Crippen molar-refractivity contribution in [3.05, 3.63) is 27.8 Å². The monoisotopic (exact) mass is 267 g/mol. The minimum Gasteiger partial charge on any atom is -0.122 e. The van der Waals surface area contributed by atoms with Crippen LogP contribution in [0.2, 0.25) is 0 Å². The first-order chi connectivity index (χ1) is 8.95. The van der Waals surface area contributed by atoms with Gasteiger partial charge in [0.15, 0.2) is 0 Å². The molecule has 0 radical (unpaired) electrons. The molecular formula is C17H30S. The van der Waals surface area contributed by atoms with Crippen LogP contribution >= 0.6 is 11.8 Å². The van der Waals surface area contributed by atoms with Crippen molar-refractivity contribution >= 4 is 11.8 Å². The Hall–Kier alpha value is -0.430. The van der Waals surface area contributed by atoms with E-state index >= 15 is 0 Å². The largest absolute Gasteiger partial charge is 0.122 e. The van der Waals surface area contributed by atoms with Gasteiger partial charge in [-0.3, -0.25) is 0 Å². The lowest BCUT2D eigenvalue weighted by Crippen LogP contribution is -2.04. The van der Waals surface area contributed by atoms with Crippen LogP contribution in [-0.4, -0.2) is 5.25 Å². The van der Waals surface area contributed by atoms with E-state index in [1.165, 1.54) is 29.7 Å². The molecule has 2 atom stereocenters. The van der Waals surface area contributed by atoms with E-state index < -0.39 is 0 Å². The van der Waals surface area contributed by atoms with E-state index in [4.69, 9.17) is 1.37 Å². The Labute approximate surface area is 120 Å². The van der Waals surface area contributed by atoms with E-state index in [0.717, 1.165) is 5.25 Å². The molecule has 2 unspecified atom stereocenters. The maximum absolute atomic E-state index is 5.75. The van der Waals surface area contributed by atoms with Crippen LogP contribution in [0, 0.1) is 27.7 Å². The third kappa shape index (κ3) is 2.61. The third-order valence-electron chi connectivity index (χ3n) is 4.14. The Morgan fingerprint density at radius 3 is 1.83 bits per heavy atom. The summed E-state index contributed by atoms with van der Waals surface area (Å²) in [6.07, 6.45) is 0. The summed E-state index contributed by atoms with van der Waals surface area (Å²) < 4.78 is 5.75. The highest BCUT2D eigenvalue weighted by atomic mass is 32.2. The molecule has 0 spiro atoms. The number of fused-ring (bicyclic) bond motifs is 1. The lowest BCUT2D eigenvalue weighted by molar-refractivity contribution is 0.751. The summed E-state index contributed by atoms with van der Waals surface area (Å²) in [4.78, 5) is 1.57. The van der Waals surface area contributed by atoms with Gasteiger partial charge in [-0.2, -0.15) is 0 Å². The minimum absolute atomic E-state index is 0.711. The van der Waals surface area contributed by atoms with E-state index in [-0.39, 0.29) is 0 Å². The predicted octanol–water partition coefficient (Wildman–Crippen LogP) is 6.18. The number of hydrogen-bond donors (Lipinski definition) is 0. The van der Waals surface area contributed by atoms with Crippen LogP contribution in [0.3, 0.4) is 0 Å². The van der Waals surface area contributed by atoms with E-state index in [1.54, 1.807) is 10.5 Å². The lowest BCUT2D eigenvalue weighted by atomic mass is 9.87. The third-order valence-corrected chi connectivity index (χ3v) is 5.68. The molecule has 2 rings (SSSR count). The van der Waals surface area contributed by atoms with Gasteiger partial charge in [0.25, 0.3) is 0 Å². The Morgan fingerprint density at radius 1 is 0.889 bits per heavy atom. The van der Waals surface area contributed by atoms with Crippen molar-refractivity contribution in [3.8, 4) is 0 Å². The molecule has 1 heteroatoms. The predicted molar refractivity (Wildman–Crippen MR) is 87.2 cm³/mol. The summed E-state index contributed by atoms with van der Waals surface area (Å²) in [5.41, 5.74) is 7.63. The second-order valence-corrected chi connectivity index (χ2v) is 6.24. The fourth-order valence-electron chi connectivity index (χ4n) is 2.53. The second-order valence-electron chi connectivity index (χ2n) is 4.85. The standard InChI is InChI=1S/C14H20S.C2H6.CH4/c1-7-8(2)10(4)14-13(9(7)3)11(5)12(6)15-14;1-2;/h11-12H,1-6H3;1-2H3;1H4/i;;1D. The first kappa shape index (κ1) is 15.6. The second kappa shape index (κ2) is 6.65. The smallest absolute Gasteiger partial charge is 0.0194 e. The maximum Gasteiger partial charge on any atom is 0.0194 e.